The van der Waals surface area contributed by atoms with E-state index in [4.69, 9.17) is 0 Å². The molecule has 0 N–H and O–H groups in total. The summed E-state index contributed by atoms with van der Waals surface area (Å²) in [6, 6.07) is 19.6. The van der Waals surface area contributed by atoms with E-state index in [0.717, 1.165) is 22.6 Å². The van der Waals surface area contributed by atoms with Crippen molar-refractivity contribution >= 4 is 21.9 Å². The minimum Gasteiger partial charge on any atom is -0.352 e. The van der Waals surface area contributed by atoms with Gasteiger partial charge in [0, 0.05) is 37.2 Å². The fourth-order valence-corrected chi connectivity index (χ4v) is 4.71. The fraction of sp³-hybridized carbons (Fsp3) is 0.250. The predicted octanol–water partition coefficient (Wildman–Crippen LogP) is 3.88. The predicted molar refractivity (Wildman–Crippen MR) is 125 cm³/mol. The molecule has 0 aliphatic carbocycles. The van der Waals surface area contributed by atoms with Crippen LogP contribution in [-0.4, -0.2) is 49.1 Å². The Kier molecular flexibility index (Phi) is 6.15. The van der Waals surface area contributed by atoms with Crippen molar-refractivity contribution in [2.75, 3.05) is 31.1 Å². The van der Waals surface area contributed by atoms with E-state index in [1.165, 1.54) is 20.8 Å². The summed E-state index contributed by atoms with van der Waals surface area (Å²) in [6.07, 6.45) is 1.64. The monoisotopic (exact) mass is 434 g/mol. The lowest BCUT2D eigenvalue weighted by Gasteiger charge is -2.33. The Morgan fingerprint density at radius 2 is 1.58 bits per heavy atom. The van der Waals surface area contributed by atoms with Crippen LogP contribution in [0.2, 0.25) is 0 Å². The van der Waals surface area contributed by atoms with E-state index < -0.39 is 10.0 Å². The number of piperazine rings is 1. The van der Waals surface area contributed by atoms with Crippen molar-refractivity contribution in [3.63, 3.8) is 0 Å². The maximum Gasteiger partial charge on any atom is 0.236 e. The highest BCUT2D eigenvalue weighted by Crippen LogP contribution is 2.22. The molecule has 1 aliphatic rings. The van der Waals surface area contributed by atoms with Gasteiger partial charge in [0.15, 0.2) is 5.82 Å². The van der Waals surface area contributed by atoms with Crippen molar-refractivity contribution in [2.45, 2.75) is 13.8 Å². The molecule has 0 atom stereocenters. The summed E-state index contributed by atoms with van der Waals surface area (Å²) in [5.74, 6) is 0.768. The van der Waals surface area contributed by atoms with Gasteiger partial charge in [0.25, 0.3) is 0 Å². The second-order valence-electron chi connectivity index (χ2n) is 7.72. The minimum atomic E-state index is -3.45. The molecule has 2 heterocycles. The Morgan fingerprint density at radius 1 is 0.839 bits per heavy atom. The summed E-state index contributed by atoms with van der Waals surface area (Å²) >= 11 is 0. The zero-order valence-electron chi connectivity index (χ0n) is 17.8. The van der Waals surface area contributed by atoms with Gasteiger partial charge in [-0.1, -0.05) is 42.5 Å². The van der Waals surface area contributed by atoms with Crippen LogP contribution < -0.4 is 4.90 Å². The Bertz CT molecular complexity index is 1170. The van der Waals surface area contributed by atoms with Crippen LogP contribution in [0, 0.1) is 13.8 Å². The van der Waals surface area contributed by atoms with Crippen LogP contribution in [0.15, 0.2) is 66.1 Å². The quantitative estimate of drug-likeness (QED) is 0.610. The molecule has 31 heavy (non-hydrogen) atoms. The number of hydrogen-bond acceptors (Lipinski definition) is 5. The van der Waals surface area contributed by atoms with Gasteiger partial charge in [0.2, 0.25) is 10.0 Å². The minimum absolute atomic E-state index is 0.419. The third-order valence-electron chi connectivity index (χ3n) is 5.61. The zero-order chi connectivity index (χ0) is 21.8. The van der Waals surface area contributed by atoms with Crippen molar-refractivity contribution in [3.05, 3.63) is 82.8 Å². The maximum absolute atomic E-state index is 12.6. The van der Waals surface area contributed by atoms with Crippen LogP contribution in [0.5, 0.6) is 0 Å². The van der Waals surface area contributed by atoms with Gasteiger partial charge in [-0.2, -0.15) is 4.31 Å². The highest BCUT2D eigenvalue weighted by atomic mass is 32.2. The molecule has 6 nitrogen and oxygen atoms in total. The lowest BCUT2D eigenvalue weighted by molar-refractivity contribution is 0.388. The van der Waals surface area contributed by atoms with Crippen molar-refractivity contribution in [1.82, 2.24) is 14.5 Å². The molecule has 0 spiro atoms. The molecular weight excluding hydrogens is 408 g/mol. The van der Waals surface area contributed by atoms with Crippen LogP contribution in [0.1, 0.15) is 16.7 Å². The molecule has 1 saturated heterocycles. The van der Waals surface area contributed by atoms with E-state index in [9.17, 15) is 8.42 Å². The van der Waals surface area contributed by atoms with Crippen molar-refractivity contribution in [1.29, 1.82) is 0 Å². The third-order valence-corrected chi connectivity index (χ3v) is 7.17. The molecule has 4 rings (SSSR count). The molecule has 0 radical (unpaired) electrons. The Hall–Kier alpha value is -3.03. The highest BCUT2D eigenvalue weighted by Gasteiger charge is 2.25. The van der Waals surface area contributed by atoms with Crippen LogP contribution in [0.4, 0.5) is 5.82 Å². The van der Waals surface area contributed by atoms with Gasteiger partial charge < -0.3 is 4.90 Å². The summed E-state index contributed by atoms with van der Waals surface area (Å²) in [4.78, 5) is 2.07. The Labute approximate surface area is 183 Å². The number of aromatic nitrogens is 2. The van der Waals surface area contributed by atoms with Gasteiger partial charge in [0.05, 0.1) is 5.69 Å². The summed E-state index contributed by atoms with van der Waals surface area (Å²) in [5, 5.41) is 10.1. The molecule has 0 amide bonds. The lowest BCUT2D eigenvalue weighted by atomic mass is 10.0. The third kappa shape index (κ3) is 5.00. The molecule has 2 aromatic carbocycles. The van der Waals surface area contributed by atoms with E-state index >= 15 is 0 Å². The lowest BCUT2D eigenvalue weighted by Crippen LogP contribution is -2.48. The second kappa shape index (κ2) is 8.99. The summed E-state index contributed by atoms with van der Waals surface area (Å²) < 4.78 is 26.8. The summed E-state index contributed by atoms with van der Waals surface area (Å²) in [7, 11) is -3.45. The molecule has 0 unspecified atom stereocenters. The van der Waals surface area contributed by atoms with Gasteiger partial charge in [-0.05, 0) is 54.8 Å². The van der Waals surface area contributed by atoms with Crippen LogP contribution >= 0.6 is 0 Å². The average molecular weight is 435 g/mol. The SMILES string of the molecule is Cc1ccc(-c2ccc(N3CCN(S(=O)(=O)/C=C\c4ccccc4)CC3)nn2)cc1C. The number of sulfonamides is 1. The van der Waals surface area contributed by atoms with E-state index in [1.54, 1.807) is 6.08 Å². The maximum atomic E-state index is 12.6. The largest absolute Gasteiger partial charge is 0.352 e. The first-order chi connectivity index (χ1) is 14.9. The number of nitrogens with zero attached hydrogens (tertiary/aromatic N) is 4. The van der Waals surface area contributed by atoms with Crippen molar-refractivity contribution < 1.29 is 8.42 Å². The summed E-state index contributed by atoms with van der Waals surface area (Å²) in [5.41, 5.74) is 5.22. The highest BCUT2D eigenvalue weighted by molar-refractivity contribution is 7.92. The summed E-state index contributed by atoms with van der Waals surface area (Å²) in [6.45, 7) is 6.17. The number of benzene rings is 2. The first-order valence-corrected chi connectivity index (χ1v) is 11.8. The topological polar surface area (TPSA) is 66.4 Å². The Balaban J connectivity index is 1.39. The molecule has 1 aliphatic heterocycles. The fourth-order valence-electron chi connectivity index (χ4n) is 3.54. The van der Waals surface area contributed by atoms with E-state index in [1.807, 2.05) is 42.5 Å². The molecule has 3 aromatic rings. The zero-order valence-corrected chi connectivity index (χ0v) is 18.6. The van der Waals surface area contributed by atoms with E-state index in [-0.39, 0.29) is 0 Å². The van der Waals surface area contributed by atoms with Gasteiger partial charge in [-0.3, -0.25) is 0 Å². The van der Waals surface area contributed by atoms with Gasteiger partial charge in [0.1, 0.15) is 0 Å². The molecule has 1 fully saturated rings. The van der Waals surface area contributed by atoms with Crippen LogP contribution in [0.25, 0.3) is 17.3 Å². The van der Waals surface area contributed by atoms with Gasteiger partial charge in [-0.15, -0.1) is 10.2 Å². The number of hydrogen-bond donors (Lipinski definition) is 0. The Morgan fingerprint density at radius 3 is 2.23 bits per heavy atom. The first-order valence-electron chi connectivity index (χ1n) is 10.3. The normalized spacial score (nSPS) is 15.5. The van der Waals surface area contributed by atoms with E-state index in [0.29, 0.717) is 26.2 Å². The number of anilines is 1. The first kappa shape index (κ1) is 21.2. The smallest absolute Gasteiger partial charge is 0.236 e. The molecule has 1 aromatic heterocycles. The van der Waals surface area contributed by atoms with Crippen molar-refractivity contribution in [3.8, 4) is 11.3 Å². The molecular formula is C24H26N4O2S. The number of aryl methyl sites for hydroxylation is 2. The average Bonchev–Trinajstić information content (AvgIpc) is 2.80. The number of rotatable bonds is 5. The molecule has 160 valence electrons. The van der Waals surface area contributed by atoms with E-state index in [2.05, 4.69) is 47.1 Å². The molecule has 0 bridgehead atoms. The second-order valence-corrected chi connectivity index (χ2v) is 9.54. The van der Waals surface area contributed by atoms with Gasteiger partial charge >= 0.3 is 0 Å². The molecule has 7 heteroatoms. The molecule has 0 saturated carbocycles. The standard InChI is InChI=1S/C24H26N4O2S/c1-19-8-9-22(18-20(19)2)23-10-11-24(26-25-23)27-13-15-28(16-14-27)31(29,30)17-12-21-6-4-3-5-7-21/h3-12,17-18H,13-16H2,1-2H3/b17-12-. The van der Waals surface area contributed by atoms with Crippen LogP contribution in [0.3, 0.4) is 0 Å². The van der Waals surface area contributed by atoms with Crippen molar-refractivity contribution in [2.24, 2.45) is 0 Å². The van der Waals surface area contributed by atoms with Crippen LogP contribution in [-0.2, 0) is 10.0 Å². The van der Waals surface area contributed by atoms with Gasteiger partial charge in [-0.25, -0.2) is 8.42 Å².